The van der Waals surface area contributed by atoms with Crippen molar-refractivity contribution in [2.75, 3.05) is 29.9 Å². The van der Waals surface area contributed by atoms with Gasteiger partial charge in [0.1, 0.15) is 5.82 Å². The van der Waals surface area contributed by atoms with Gasteiger partial charge in [-0.2, -0.15) is 0 Å². The molecule has 3 N–H and O–H groups in total. The summed E-state index contributed by atoms with van der Waals surface area (Å²) in [5.41, 5.74) is 6.89. The fraction of sp³-hybridized carbons (Fsp3) is 0.625. The van der Waals surface area contributed by atoms with Gasteiger partial charge in [0, 0.05) is 19.0 Å². The average Bonchev–Trinajstić information content (AvgIpc) is 3.19. The predicted octanol–water partition coefficient (Wildman–Crippen LogP) is 2.42. The molecule has 2 fully saturated rings. The van der Waals surface area contributed by atoms with E-state index in [1.165, 1.54) is 12.8 Å². The van der Waals surface area contributed by atoms with E-state index in [1.807, 2.05) is 18.3 Å². The standard InChI is InChI=1S/C16H24N4O.ClH/c17-10-12-4-3-5-14(12)16(21)19-15-7-6-13(11-18-15)20-8-1-2-9-20;/h6-7,11-12,14H,1-5,8-10,17H2,(H,18,19,21);1H/t12-,14-;/m1./s1. The smallest absolute Gasteiger partial charge is 0.228 e. The van der Waals surface area contributed by atoms with Crippen molar-refractivity contribution in [1.82, 2.24) is 4.98 Å². The Labute approximate surface area is 138 Å². The predicted molar refractivity (Wildman–Crippen MR) is 91.4 cm³/mol. The Morgan fingerprint density at radius 3 is 2.68 bits per heavy atom. The van der Waals surface area contributed by atoms with Crippen LogP contribution in [-0.2, 0) is 4.79 Å². The Bertz CT molecular complexity index is 487. The summed E-state index contributed by atoms with van der Waals surface area (Å²) in [5, 5.41) is 2.94. The molecule has 1 saturated carbocycles. The summed E-state index contributed by atoms with van der Waals surface area (Å²) in [5.74, 6) is 1.10. The van der Waals surface area contributed by atoms with Gasteiger partial charge in [0.05, 0.1) is 11.9 Å². The molecule has 6 heteroatoms. The second kappa shape index (κ2) is 7.79. The summed E-state index contributed by atoms with van der Waals surface area (Å²) in [6.07, 6.45) is 7.47. The van der Waals surface area contributed by atoms with Gasteiger partial charge < -0.3 is 16.0 Å². The monoisotopic (exact) mass is 324 g/mol. The van der Waals surface area contributed by atoms with Crippen molar-refractivity contribution in [3.05, 3.63) is 18.3 Å². The highest BCUT2D eigenvalue weighted by atomic mass is 35.5. The molecule has 1 saturated heterocycles. The number of nitrogens with two attached hydrogens (primary N) is 1. The van der Waals surface area contributed by atoms with Crippen LogP contribution < -0.4 is 16.0 Å². The summed E-state index contributed by atoms with van der Waals surface area (Å²) in [4.78, 5) is 19.0. The number of nitrogens with one attached hydrogen (secondary N) is 1. The molecule has 1 aliphatic carbocycles. The molecular weight excluding hydrogens is 300 g/mol. The van der Waals surface area contributed by atoms with Gasteiger partial charge in [-0.25, -0.2) is 4.98 Å². The number of pyridine rings is 1. The quantitative estimate of drug-likeness (QED) is 0.892. The summed E-state index contributed by atoms with van der Waals surface area (Å²) in [7, 11) is 0. The van der Waals surface area contributed by atoms with Crippen molar-refractivity contribution < 1.29 is 4.79 Å². The zero-order valence-corrected chi connectivity index (χ0v) is 13.6. The first kappa shape index (κ1) is 17.0. The van der Waals surface area contributed by atoms with E-state index < -0.39 is 0 Å². The lowest BCUT2D eigenvalue weighted by Crippen LogP contribution is -2.30. The number of carbonyl (C=O) groups is 1. The molecule has 1 amide bonds. The molecule has 2 heterocycles. The molecule has 2 aliphatic rings. The fourth-order valence-corrected chi connectivity index (χ4v) is 3.51. The lowest BCUT2D eigenvalue weighted by atomic mass is 9.95. The molecule has 1 aromatic heterocycles. The van der Waals surface area contributed by atoms with E-state index in [9.17, 15) is 4.79 Å². The number of halogens is 1. The van der Waals surface area contributed by atoms with E-state index in [0.29, 0.717) is 18.3 Å². The Morgan fingerprint density at radius 2 is 2.05 bits per heavy atom. The Kier molecular flexibility index (Phi) is 6.03. The van der Waals surface area contributed by atoms with E-state index in [4.69, 9.17) is 5.73 Å². The normalized spacial score (nSPS) is 24.1. The molecule has 1 aliphatic heterocycles. The van der Waals surface area contributed by atoms with Gasteiger partial charge in [0.2, 0.25) is 5.91 Å². The third kappa shape index (κ3) is 3.70. The molecule has 0 unspecified atom stereocenters. The molecule has 2 atom stereocenters. The largest absolute Gasteiger partial charge is 0.370 e. The SMILES string of the molecule is Cl.NC[C@H]1CCC[C@H]1C(=O)Nc1ccc(N2CCCC2)cn1. The van der Waals surface area contributed by atoms with Crippen molar-refractivity contribution in [2.24, 2.45) is 17.6 Å². The van der Waals surface area contributed by atoms with Crippen molar-refractivity contribution in [3.8, 4) is 0 Å². The fourth-order valence-electron chi connectivity index (χ4n) is 3.51. The molecular formula is C16H25ClN4O. The molecule has 0 radical (unpaired) electrons. The van der Waals surface area contributed by atoms with Crippen molar-refractivity contribution in [1.29, 1.82) is 0 Å². The first-order valence-corrected chi connectivity index (χ1v) is 8.00. The van der Waals surface area contributed by atoms with Crippen LogP contribution in [0.5, 0.6) is 0 Å². The van der Waals surface area contributed by atoms with Crippen LogP contribution in [0.2, 0.25) is 0 Å². The third-order valence-electron chi connectivity index (χ3n) is 4.77. The van der Waals surface area contributed by atoms with Crippen LogP contribution >= 0.6 is 12.4 Å². The summed E-state index contributed by atoms with van der Waals surface area (Å²) >= 11 is 0. The van der Waals surface area contributed by atoms with Gasteiger partial charge >= 0.3 is 0 Å². The van der Waals surface area contributed by atoms with Crippen LogP contribution in [0.15, 0.2) is 18.3 Å². The van der Waals surface area contributed by atoms with Gasteiger partial charge in [-0.05, 0) is 50.3 Å². The number of hydrogen-bond acceptors (Lipinski definition) is 4. The molecule has 0 spiro atoms. The van der Waals surface area contributed by atoms with Crippen molar-refractivity contribution in [3.63, 3.8) is 0 Å². The lowest BCUT2D eigenvalue weighted by molar-refractivity contribution is -0.120. The van der Waals surface area contributed by atoms with E-state index in [-0.39, 0.29) is 24.2 Å². The second-order valence-electron chi connectivity index (χ2n) is 6.12. The number of rotatable bonds is 4. The van der Waals surface area contributed by atoms with Crippen LogP contribution in [0.25, 0.3) is 0 Å². The number of nitrogens with zero attached hydrogens (tertiary/aromatic N) is 2. The van der Waals surface area contributed by atoms with Crippen LogP contribution in [0, 0.1) is 11.8 Å². The Morgan fingerprint density at radius 1 is 1.27 bits per heavy atom. The molecule has 22 heavy (non-hydrogen) atoms. The number of hydrogen-bond donors (Lipinski definition) is 2. The topological polar surface area (TPSA) is 71.2 Å². The van der Waals surface area contributed by atoms with Crippen LogP contribution in [0.4, 0.5) is 11.5 Å². The van der Waals surface area contributed by atoms with Gasteiger partial charge in [0.15, 0.2) is 0 Å². The van der Waals surface area contributed by atoms with Crippen molar-refractivity contribution >= 4 is 29.8 Å². The minimum atomic E-state index is 0. The average molecular weight is 325 g/mol. The maximum Gasteiger partial charge on any atom is 0.228 e. The zero-order chi connectivity index (χ0) is 14.7. The maximum absolute atomic E-state index is 12.3. The molecule has 5 nitrogen and oxygen atoms in total. The number of anilines is 2. The molecule has 0 aromatic carbocycles. The molecule has 3 rings (SSSR count). The number of carbonyl (C=O) groups excluding carboxylic acids is 1. The molecule has 1 aromatic rings. The highest BCUT2D eigenvalue weighted by molar-refractivity contribution is 5.92. The zero-order valence-electron chi connectivity index (χ0n) is 12.8. The highest BCUT2D eigenvalue weighted by Crippen LogP contribution is 2.31. The Balaban J connectivity index is 0.00000176. The van der Waals surface area contributed by atoms with Gasteiger partial charge in [-0.15, -0.1) is 12.4 Å². The van der Waals surface area contributed by atoms with Gasteiger partial charge in [-0.1, -0.05) is 6.42 Å². The van der Waals surface area contributed by atoms with Crippen LogP contribution in [-0.4, -0.2) is 30.5 Å². The first-order valence-electron chi connectivity index (χ1n) is 8.00. The number of amides is 1. The molecule has 0 bridgehead atoms. The van der Waals surface area contributed by atoms with E-state index in [0.717, 1.165) is 38.0 Å². The van der Waals surface area contributed by atoms with Crippen LogP contribution in [0.1, 0.15) is 32.1 Å². The van der Waals surface area contributed by atoms with E-state index >= 15 is 0 Å². The summed E-state index contributed by atoms with van der Waals surface area (Å²) < 4.78 is 0. The minimum absolute atomic E-state index is 0. The van der Waals surface area contributed by atoms with Crippen LogP contribution in [0.3, 0.4) is 0 Å². The third-order valence-corrected chi connectivity index (χ3v) is 4.77. The van der Waals surface area contributed by atoms with Gasteiger partial charge in [0.25, 0.3) is 0 Å². The number of aromatic nitrogens is 1. The minimum Gasteiger partial charge on any atom is -0.370 e. The second-order valence-corrected chi connectivity index (χ2v) is 6.12. The summed E-state index contributed by atoms with van der Waals surface area (Å²) in [6, 6.07) is 3.95. The first-order chi connectivity index (χ1) is 10.3. The maximum atomic E-state index is 12.3. The van der Waals surface area contributed by atoms with E-state index in [1.54, 1.807) is 0 Å². The lowest BCUT2D eigenvalue weighted by Gasteiger charge is -2.19. The summed E-state index contributed by atoms with van der Waals surface area (Å²) in [6.45, 7) is 2.81. The van der Waals surface area contributed by atoms with Crippen molar-refractivity contribution in [2.45, 2.75) is 32.1 Å². The molecule has 122 valence electrons. The van der Waals surface area contributed by atoms with E-state index in [2.05, 4.69) is 15.2 Å². The Hall–Kier alpha value is -1.33. The van der Waals surface area contributed by atoms with Gasteiger partial charge in [-0.3, -0.25) is 4.79 Å². The highest BCUT2D eigenvalue weighted by Gasteiger charge is 2.32.